The van der Waals surface area contributed by atoms with E-state index >= 15 is 0 Å². The number of ether oxygens (including phenoxy) is 2. The van der Waals surface area contributed by atoms with Crippen LogP contribution in [0.15, 0.2) is 12.3 Å². The molecule has 0 aliphatic carbocycles. The summed E-state index contributed by atoms with van der Waals surface area (Å²) < 4.78 is 10.7. The maximum absolute atomic E-state index is 11.4. The lowest BCUT2D eigenvalue weighted by atomic mass is 9.78. The number of hydrogen-bond acceptors (Lipinski definition) is 3. The van der Waals surface area contributed by atoms with Crippen LogP contribution in [-0.4, -0.2) is 29.9 Å². The second-order valence-electron chi connectivity index (χ2n) is 4.11. The highest BCUT2D eigenvalue weighted by atomic mass is 16.5. The minimum atomic E-state index is -1.00. The molecule has 4 heteroatoms. The highest BCUT2D eigenvalue weighted by Gasteiger charge is 2.48. The first-order chi connectivity index (χ1) is 7.26. The first kappa shape index (κ1) is 10.5. The van der Waals surface area contributed by atoms with Crippen molar-refractivity contribution in [2.24, 2.45) is 5.92 Å². The van der Waals surface area contributed by atoms with E-state index in [0.29, 0.717) is 19.6 Å². The first-order valence-electron chi connectivity index (χ1n) is 5.40. The van der Waals surface area contributed by atoms with Crippen molar-refractivity contribution in [2.45, 2.75) is 31.3 Å². The Hall–Kier alpha value is -1.03. The van der Waals surface area contributed by atoms with E-state index < -0.39 is 11.6 Å². The van der Waals surface area contributed by atoms with Crippen LogP contribution in [0.1, 0.15) is 25.7 Å². The van der Waals surface area contributed by atoms with Crippen molar-refractivity contribution in [2.75, 3.05) is 13.2 Å². The van der Waals surface area contributed by atoms with Crippen LogP contribution in [0.4, 0.5) is 0 Å². The summed E-state index contributed by atoms with van der Waals surface area (Å²) in [6.45, 7) is 1.29. The second-order valence-corrected chi connectivity index (χ2v) is 4.11. The van der Waals surface area contributed by atoms with Crippen molar-refractivity contribution >= 4 is 5.97 Å². The standard InChI is InChI=1S/C11H16O4/c12-10(13)11(5-1-2-6-15-11)9-3-7-14-8-4-9/h2,6,9H,1,3-5,7-8H2,(H,12,13). The number of rotatable bonds is 2. The average Bonchev–Trinajstić information content (AvgIpc) is 2.31. The molecule has 0 amide bonds. The molecular formula is C11H16O4. The molecule has 2 aliphatic rings. The fraction of sp³-hybridized carbons (Fsp3) is 0.727. The van der Waals surface area contributed by atoms with E-state index in [9.17, 15) is 9.90 Å². The van der Waals surface area contributed by atoms with Gasteiger partial charge in [-0.2, -0.15) is 0 Å². The number of aliphatic carboxylic acids is 1. The molecule has 1 fully saturated rings. The molecule has 84 valence electrons. The Labute approximate surface area is 88.9 Å². The Morgan fingerprint density at radius 2 is 2.13 bits per heavy atom. The number of allylic oxidation sites excluding steroid dienone is 1. The molecule has 2 rings (SSSR count). The van der Waals surface area contributed by atoms with Gasteiger partial charge in [-0.3, -0.25) is 0 Å². The maximum atomic E-state index is 11.4. The highest BCUT2D eigenvalue weighted by Crippen LogP contribution is 2.37. The summed E-state index contributed by atoms with van der Waals surface area (Å²) in [5.74, 6) is -0.757. The zero-order valence-corrected chi connectivity index (χ0v) is 8.65. The molecule has 0 aromatic heterocycles. The fourth-order valence-corrected chi connectivity index (χ4v) is 2.39. The third kappa shape index (κ3) is 1.86. The largest absolute Gasteiger partial charge is 0.483 e. The molecule has 2 aliphatic heterocycles. The van der Waals surface area contributed by atoms with Gasteiger partial charge in [0.15, 0.2) is 0 Å². The fourth-order valence-electron chi connectivity index (χ4n) is 2.39. The summed E-state index contributed by atoms with van der Waals surface area (Å²) in [6, 6.07) is 0. The SMILES string of the molecule is O=C(O)C1(C2CCOCC2)CCC=CO1. The van der Waals surface area contributed by atoms with Gasteiger partial charge in [0.2, 0.25) is 5.60 Å². The van der Waals surface area contributed by atoms with Crippen molar-refractivity contribution in [3.05, 3.63) is 12.3 Å². The summed E-state index contributed by atoms with van der Waals surface area (Å²) >= 11 is 0. The Morgan fingerprint density at radius 1 is 1.40 bits per heavy atom. The van der Waals surface area contributed by atoms with Crippen LogP contribution in [0.25, 0.3) is 0 Å². The van der Waals surface area contributed by atoms with E-state index in [1.807, 2.05) is 6.08 Å². The molecule has 4 nitrogen and oxygen atoms in total. The third-order valence-electron chi connectivity index (χ3n) is 3.30. The molecule has 15 heavy (non-hydrogen) atoms. The summed E-state index contributed by atoms with van der Waals surface area (Å²) in [4.78, 5) is 11.4. The molecule has 1 N–H and O–H groups in total. The zero-order chi connectivity index (χ0) is 10.7. The van der Waals surface area contributed by atoms with Crippen molar-refractivity contribution in [3.8, 4) is 0 Å². The summed E-state index contributed by atoms with van der Waals surface area (Å²) in [5, 5.41) is 9.34. The third-order valence-corrected chi connectivity index (χ3v) is 3.30. The minimum Gasteiger partial charge on any atom is -0.483 e. The first-order valence-corrected chi connectivity index (χ1v) is 5.40. The number of carboxylic acids is 1. The molecule has 0 aromatic rings. The van der Waals surface area contributed by atoms with Crippen LogP contribution in [0.3, 0.4) is 0 Å². The molecule has 0 radical (unpaired) electrons. The van der Waals surface area contributed by atoms with Crippen LogP contribution in [0, 0.1) is 5.92 Å². The van der Waals surface area contributed by atoms with Gasteiger partial charge in [-0.25, -0.2) is 4.79 Å². The van der Waals surface area contributed by atoms with Crippen molar-refractivity contribution in [1.82, 2.24) is 0 Å². The monoisotopic (exact) mass is 212 g/mol. The average molecular weight is 212 g/mol. The van der Waals surface area contributed by atoms with Crippen molar-refractivity contribution in [1.29, 1.82) is 0 Å². The van der Waals surface area contributed by atoms with Gasteiger partial charge in [0.25, 0.3) is 0 Å². The normalized spacial score (nSPS) is 32.3. The van der Waals surface area contributed by atoms with Crippen LogP contribution < -0.4 is 0 Å². The van der Waals surface area contributed by atoms with E-state index in [1.54, 1.807) is 0 Å². The second kappa shape index (κ2) is 4.23. The number of carboxylic acid groups (broad SMARTS) is 1. The van der Waals surface area contributed by atoms with E-state index in [-0.39, 0.29) is 5.92 Å². The van der Waals surface area contributed by atoms with Gasteiger partial charge < -0.3 is 14.6 Å². The lowest BCUT2D eigenvalue weighted by molar-refractivity contribution is -0.172. The van der Waals surface area contributed by atoms with Gasteiger partial charge in [-0.15, -0.1) is 0 Å². The summed E-state index contributed by atoms with van der Waals surface area (Å²) in [6.07, 6.45) is 6.32. The van der Waals surface area contributed by atoms with E-state index in [0.717, 1.165) is 19.3 Å². The van der Waals surface area contributed by atoms with Crippen LogP contribution >= 0.6 is 0 Å². The van der Waals surface area contributed by atoms with Gasteiger partial charge >= 0.3 is 5.97 Å². The number of carbonyl (C=O) groups is 1. The Morgan fingerprint density at radius 3 is 2.67 bits per heavy atom. The molecule has 1 atom stereocenters. The van der Waals surface area contributed by atoms with Crippen LogP contribution in [0.5, 0.6) is 0 Å². The predicted octanol–water partition coefficient (Wildman–Crippen LogP) is 1.56. The summed E-state index contributed by atoms with van der Waals surface area (Å²) in [7, 11) is 0. The smallest absolute Gasteiger partial charge is 0.348 e. The van der Waals surface area contributed by atoms with Gasteiger partial charge in [-0.05, 0) is 25.3 Å². The maximum Gasteiger partial charge on any atom is 0.348 e. The van der Waals surface area contributed by atoms with Crippen molar-refractivity contribution < 1.29 is 19.4 Å². The molecule has 0 bridgehead atoms. The van der Waals surface area contributed by atoms with E-state index in [4.69, 9.17) is 9.47 Å². The predicted molar refractivity (Wildman–Crippen MR) is 53.4 cm³/mol. The lowest BCUT2D eigenvalue weighted by Gasteiger charge is -2.39. The van der Waals surface area contributed by atoms with E-state index in [1.165, 1.54) is 6.26 Å². The molecule has 1 unspecified atom stereocenters. The summed E-state index contributed by atoms with van der Waals surface area (Å²) in [5.41, 5.74) is -1.00. The van der Waals surface area contributed by atoms with Gasteiger partial charge in [-0.1, -0.05) is 0 Å². The van der Waals surface area contributed by atoms with Gasteiger partial charge in [0, 0.05) is 25.6 Å². The molecule has 0 spiro atoms. The Balaban J connectivity index is 2.17. The number of hydrogen-bond donors (Lipinski definition) is 1. The Kier molecular flexibility index (Phi) is 2.95. The highest BCUT2D eigenvalue weighted by molar-refractivity contribution is 5.78. The van der Waals surface area contributed by atoms with Crippen LogP contribution in [0.2, 0.25) is 0 Å². The topological polar surface area (TPSA) is 55.8 Å². The van der Waals surface area contributed by atoms with Gasteiger partial charge in [0.1, 0.15) is 0 Å². The molecule has 0 aromatic carbocycles. The zero-order valence-electron chi connectivity index (χ0n) is 8.65. The Bertz CT molecular complexity index is 268. The molecule has 0 saturated carbocycles. The quantitative estimate of drug-likeness (QED) is 0.754. The molecule has 1 saturated heterocycles. The van der Waals surface area contributed by atoms with E-state index in [2.05, 4.69) is 0 Å². The van der Waals surface area contributed by atoms with Crippen LogP contribution in [-0.2, 0) is 14.3 Å². The lowest BCUT2D eigenvalue weighted by Crippen LogP contribution is -2.50. The molecule has 2 heterocycles. The van der Waals surface area contributed by atoms with Crippen molar-refractivity contribution in [3.63, 3.8) is 0 Å². The minimum absolute atomic E-state index is 0.0775. The molecular weight excluding hydrogens is 196 g/mol. The van der Waals surface area contributed by atoms with Gasteiger partial charge in [0.05, 0.1) is 6.26 Å².